The number of hydrogen-bond donors (Lipinski definition) is 0. The molecule has 0 spiro atoms. The van der Waals surface area contributed by atoms with E-state index in [1.54, 1.807) is 12.1 Å². The molecular weight excluding hydrogens is 808 g/mol. The maximum absolute atomic E-state index is 16.1. The third-order valence-corrected chi connectivity index (χ3v) is 12.8. The van der Waals surface area contributed by atoms with E-state index in [-0.39, 0.29) is 5.82 Å². The number of hydrogen-bond acceptors (Lipinski definition) is 4. The summed E-state index contributed by atoms with van der Waals surface area (Å²) in [5, 5.41) is 16.6. The maximum Gasteiger partial charge on any atom is 0.125 e. The van der Waals surface area contributed by atoms with Gasteiger partial charge in [0.05, 0.1) is 28.7 Å². The Balaban J connectivity index is 1.07. The molecule has 0 radical (unpaired) electrons. The standard InChI is InChI=1S/C61H39FN4/c62-46-35-45(54-22-11-16-43-14-9-10-21-53(43)54)37-52(38-46)64(47-17-3-1-4-18-47)51-31-32-55-56-33-34-58(65(48-19-5-2-6-20-48)50-30-27-42-13-7-8-15-44(42)36-50)57-23-12-24-59(61(56)57)66(60(55)39-51)49-28-25-41(40-63)26-29-49/h1-39H. The zero-order valence-corrected chi connectivity index (χ0v) is 35.7. The van der Waals surface area contributed by atoms with E-state index >= 15 is 4.39 Å². The van der Waals surface area contributed by atoms with Gasteiger partial charge < -0.3 is 14.7 Å². The molecule has 11 aromatic rings. The molecule has 0 saturated heterocycles. The minimum Gasteiger partial charge on any atom is -0.310 e. The number of rotatable bonds is 8. The average molecular weight is 847 g/mol. The molecule has 0 saturated carbocycles. The van der Waals surface area contributed by atoms with Crippen molar-refractivity contribution in [2.75, 3.05) is 14.7 Å². The van der Waals surface area contributed by atoms with Crippen molar-refractivity contribution in [3.8, 4) is 28.3 Å². The summed E-state index contributed by atoms with van der Waals surface area (Å²) in [5.74, 6) is -0.321. The normalized spacial score (nSPS) is 11.7. The van der Waals surface area contributed by atoms with E-state index < -0.39 is 0 Å². The van der Waals surface area contributed by atoms with Crippen LogP contribution in [-0.2, 0) is 0 Å². The molecule has 1 aliphatic heterocycles. The predicted molar refractivity (Wildman–Crippen MR) is 272 cm³/mol. The SMILES string of the molecule is N#Cc1ccc(N2c3cc(N(c4ccccc4)c4cc(F)cc(-c5cccc6ccccc56)c4)ccc3-c3ccc(N(c4ccccc4)c4ccc5ccccc5c4)c4cccc2c34)cc1. The molecule has 0 amide bonds. The topological polar surface area (TPSA) is 33.5 Å². The largest absolute Gasteiger partial charge is 0.310 e. The molecule has 0 aromatic heterocycles. The van der Waals surface area contributed by atoms with Gasteiger partial charge in [0, 0.05) is 50.5 Å². The van der Waals surface area contributed by atoms with Crippen molar-refractivity contribution >= 4 is 83.5 Å². The number of para-hydroxylation sites is 2. The van der Waals surface area contributed by atoms with Crippen molar-refractivity contribution in [3.05, 3.63) is 248 Å². The number of nitriles is 1. The molecule has 1 heterocycles. The summed E-state index contributed by atoms with van der Waals surface area (Å²) in [4.78, 5) is 6.79. The molecule has 0 unspecified atom stereocenters. The first-order chi connectivity index (χ1) is 32.6. The first-order valence-corrected chi connectivity index (χ1v) is 22.1. The van der Waals surface area contributed by atoms with Crippen LogP contribution in [0.4, 0.5) is 55.6 Å². The van der Waals surface area contributed by atoms with Crippen LogP contribution >= 0.6 is 0 Å². The van der Waals surface area contributed by atoms with Gasteiger partial charge in [-0.05, 0) is 141 Å². The second-order valence-electron chi connectivity index (χ2n) is 16.6. The lowest BCUT2D eigenvalue weighted by Gasteiger charge is -2.36. The van der Waals surface area contributed by atoms with Crippen LogP contribution in [0.5, 0.6) is 0 Å². The summed E-state index contributed by atoms with van der Waals surface area (Å²) in [6.45, 7) is 0. The summed E-state index contributed by atoms with van der Waals surface area (Å²) in [6.07, 6.45) is 0. The van der Waals surface area contributed by atoms with Gasteiger partial charge in [-0.2, -0.15) is 5.26 Å². The molecule has 66 heavy (non-hydrogen) atoms. The summed E-state index contributed by atoms with van der Waals surface area (Å²) < 4.78 is 16.1. The maximum atomic E-state index is 16.1. The van der Waals surface area contributed by atoms with Crippen molar-refractivity contribution in [2.45, 2.75) is 0 Å². The van der Waals surface area contributed by atoms with Gasteiger partial charge in [0.25, 0.3) is 0 Å². The van der Waals surface area contributed by atoms with E-state index in [2.05, 4.69) is 185 Å². The number of nitrogens with zero attached hydrogens (tertiary/aromatic N) is 4. The Morgan fingerprint density at radius 3 is 1.82 bits per heavy atom. The highest BCUT2D eigenvalue weighted by molar-refractivity contribution is 6.18. The van der Waals surface area contributed by atoms with Crippen LogP contribution in [0, 0.1) is 17.1 Å². The Morgan fingerprint density at radius 2 is 1.03 bits per heavy atom. The van der Waals surface area contributed by atoms with Crippen LogP contribution in [0.1, 0.15) is 5.56 Å². The Bertz CT molecular complexity index is 3690. The molecule has 0 N–H and O–H groups in total. The minimum atomic E-state index is -0.321. The van der Waals surface area contributed by atoms with Crippen molar-refractivity contribution in [1.29, 1.82) is 5.26 Å². The number of benzene rings is 11. The fraction of sp³-hybridized carbons (Fsp3) is 0. The van der Waals surface area contributed by atoms with E-state index in [4.69, 9.17) is 0 Å². The Morgan fingerprint density at radius 1 is 0.394 bits per heavy atom. The molecule has 310 valence electrons. The van der Waals surface area contributed by atoms with E-state index in [1.165, 1.54) is 10.8 Å². The number of fused-ring (bicyclic) bond motifs is 4. The Hall–Kier alpha value is -8.98. The van der Waals surface area contributed by atoms with E-state index in [1.807, 2.05) is 60.7 Å². The van der Waals surface area contributed by atoms with Crippen LogP contribution in [-0.4, -0.2) is 0 Å². The van der Waals surface area contributed by atoms with Gasteiger partial charge in [0.1, 0.15) is 5.82 Å². The second-order valence-corrected chi connectivity index (χ2v) is 16.6. The quantitative estimate of drug-likeness (QED) is 0.153. The van der Waals surface area contributed by atoms with Gasteiger partial charge in [0.2, 0.25) is 0 Å². The first kappa shape index (κ1) is 38.7. The molecule has 11 aromatic carbocycles. The lowest BCUT2D eigenvalue weighted by molar-refractivity contribution is 0.628. The van der Waals surface area contributed by atoms with Crippen molar-refractivity contribution < 1.29 is 4.39 Å². The number of anilines is 9. The van der Waals surface area contributed by atoms with E-state index in [0.717, 1.165) is 89.3 Å². The van der Waals surface area contributed by atoms with E-state index in [9.17, 15) is 5.26 Å². The monoisotopic (exact) mass is 846 g/mol. The summed E-state index contributed by atoms with van der Waals surface area (Å²) >= 11 is 0. The predicted octanol–water partition coefficient (Wildman–Crippen LogP) is 17.2. The fourth-order valence-electron chi connectivity index (χ4n) is 9.82. The third-order valence-electron chi connectivity index (χ3n) is 12.8. The van der Waals surface area contributed by atoms with Gasteiger partial charge >= 0.3 is 0 Å². The zero-order valence-electron chi connectivity index (χ0n) is 35.7. The Kier molecular flexibility index (Phi) is 9.36. The molecule has 4 nitrogen and oxygen atoms in total. The van der Waals surface area contributed by atoms with E-state index in [0.29, 0.717) is 11.3 Å². The van der Waals surface area contributed by atoms with Gasteiger partial charge in [-0.15, -0.1) is 0 Å². The third kappa shape index (κ3) is 6.60. The molecule has 12 rings (SSSR count). The first-order valence-electron chi connectivity index (χ1n) is 22.1. The fourth-order valence-corrected chi connectivity index (χ4v) is 9.82. The minimum absolute atomic E-state index is 0.321. The molecular formula is C61H39FN4. The molecule has 1 aliphatic rings. The van der Waals surface area contributed by atoms with Crippen LogP contribution in [0.25, 0.3) is 54.6 Å². The van der Waals surface area contributed by atoms with Crippen molar-refractivity contribution in [1.82, 2.24) is 0 Å². The van der Waals surface area contributed by atoms with Crippen LogP contribution in [0.3, 0.4) is 0 Å². The van der Waals surface area contributed by atoms with Gasteiger partial charge in [-0.3, -0.25) is 0 Å². The van der Waals surface area contributed by atoms with Crippen LogP contribution < -0.4 is 14.7 Å². The molecule has 0 bridgehead atoms. The lowest BCUT2D eigenvalue weighted by Crippen LogP contribution is -2.17. The zero-order chi connectivity index (χ0) is 44.1. The smallest absolute Gasteiger partial charge is 0.125 e. The van der Waals surface area contributed by atoms with Crippen molar-refractivity contribution in [2.24, 2.45) is 0 Å². The van der Waals surface area contributed by atoms with Crippen molar-refractivity contribution in [3.63, 3.8) is 0 Å². The molecule has 5 heteroatoms. The highest BCUT2D eigenvalue weighted by Gasteiger charge is 2.30. The highest BCUT2D eigenvalue weighted by atomic mass is 19.1. The van der Waals surface area contributed by atoms with Crippen LogP contribution in [0.15, 0.2) is 237 Å². The summed E-state index contributed by atoms with van der Waals surface area (Å²) in [6, 6.07) is 83.3. The number of halogens is 1. The van der Waals surface area contributed by atoms with Crippen LogP contribution in [0.2, 0.25) is 0 Å². The highest BCUT2D eigenvalue weighted by Crippen LogP contribution is 2.55. The lowest BCUT2D eigenvalue weighted by atomic mass is 9.89. The molecule has 0 fully saturated rings. The van der Waals surface area contributed by atoms with Gasteiger partial charge in [-0.1, -0.05) is 133 Å². The average Bonchev–Trinajstić information content (AvgIpc) is 3.37. The van der Waals surface area contributed by atoms with Gasteiger partial charge in [0.15, 0.2) is 0 Å². The van der Waals surface area contributed by atoms with Gasteiger partial charge in [-0.25, -0.2) is 4.39 Å². The Labute approximate surface area is 382 Å². The summed E-state index contributed by atoms with van der Waals surface area (Å²) in [5.41, 5.74) is 13.0. The molecule has 0 aliphatic carbocycles. The second kappa shape index (κ2) is 16.0. The molecule has 0 atom stereocenters. The summed E-state index contributed by atoms with van der Waals surface area (Å²) in [7, 11) is 0.